The summed E-state index contributed by atoms with van der Waals surface area (Å²) in [5.41, 5.74) is 0. The lowest BCUT2D eigenvalue weighted by Crippen LogP contribution is -2.42. The van der Waals surface area contributed by atoms with Gasteiger partial charge in [0.05, 0.1) is 0 Å². The molecule has 0 aliphatic heterocycles. The summed E-state index contributed by atoms with van der Waals surface area (Å²) in [6.07, 6.45) is 2.15. The Morgan fingerprint density at radius 3 is 2.72 bits per heavy atom. The lowest BCUT2D eigenvalue weighted by Gasteiger charge is -2.24. The van der Waals surface area contributed by atoms with E-state index in [2.05, 4.69) is 24.2 Å². The van der Waals surface area contributed by atoms with Crippen molar-refractivity contribution in [1.29, 1.82) is 0 Å². The van der Waals surface area contributed by atoms with Crippen LogP contribution in [-0.2, 0) is 0 Å². The van der Waals surface area contributed by atoms with Crippen LogP contribution in [0.1, 0.15) is 19.8 Å². The van der Waals surface area contributed by atoms with Gasteiger partial charge < -0.3 is 10.1 Å². The van der Waals surface area contributed by atoms with E-state index in [-0.39, 0.29) is 0 Å². The highest BCUT2D eigenvalue weighted by atomic mass is 16.6. The van der Waals surface area contributed by atoms with E-state index in [0.29, 0.717) is 24.4 Å². The van der Waals surface area contributed by atoms with Crippen LogP contribution in [0, 0.1) is 0 Å². The van der Waals surface area contributed by atoms with E-state index in [9.17, 15) is 4.79 Å². The highest BCUT2D eigenvalue weighted by Crippen LogP contribution is 2.26. The number of hydrogen-bond donors (Lipinski definition) is 1. The van der Waals surface area contributed by atoms with E-state index >= 15 is 0 Å². The van der Waals surface area contributed by atoms with Gasteiger partial charge in [0.1, 0.15) is 5.75 Å². The Morgan fingerprint density at radius 2 is 2.11 bits per heavy atom. The maximum atomic E-state index is 11.6. The Morgan fingerprint density at radius 1 is 1.44 bits per heavy atom. The normalized spacial score (nSPS) is 16.4. The van der Waals surface area contributed by atoms with Gasteiger partial charge in [-0.3, -0.25) is 4.90 Å². The monoisotopic (exact) mass is 248 g/mol. The average Bonchev–Trinajstić information content (AvgIpc) is 3.20. The molecule has 1 unspecified atom stereocenters. The third kappa shape index (κ3) is 3.74. The van der Waals surface area contributed by atoms with E-state index in [1.54, 1.807) is 12.1 Å². The van der Waals surface area contributed by atoms with Crippen molar-refractivity contribution in [3.63, 3.8) is 0 Å². The largest absolute Gasteiger partial charge is 0.412 e. The molecule has 1 atom stereocenters. The summed E-state index contributed by atoms with van der Waals surface area (Å²) >= 11 is 0. The van der Waals surface area contributed by atoms with Gasteiger partial charge in [-0.25, -0.2) is 4.79 Å². The summed E-state index contributed by atoms with van der Waals surface area (Å²) in [6, 6.07) is 10.1. The van der Waals surface area contributed by atoms with Gasteiger partial charge in [0.2, 0.25) is 0 Å². The molecule has 1 aliphatic carbocycles. The predicted octanol–water partition coefficient (Wildman–Crippen LogP) is 2.26. The van der Waals surface area contributed by atoms with Gasteiger partial charge in [-0.15, -0.1) is 0 Å². The van der Waals surface area contributed by atoms with Gasteiger partial charge in [0.15, 0.2) is 0 Å². The lowest BCUT2D eigenvalue weighted by molar-refractivity contribution is 0.190. The molecular formula is C14H20N2O2. The molecule has 1 N–H and O–H groups in total. The molecular weight excluding hydrogens is 228 g/mol. The molecule has 4 nitrogen and oxygen atoms in total. The zero-order valence-corrected chi connectivity index (χ0v) is 10.9. The van der Waals surface area contributed by atoms with Crippen LogP contribution in [-0.4, -0.2) is 36.7 Å². The van der Waals surface area contributed by atoms with Crippen molar-refractivity contribution in [2.24, 2.45) is 0 Å². The molecule has 0 bridgehead atoms. The van der Waals surface area contributed by atoms with Gasteiger partial charge in [-0.1, -0.05) is 18.2 Å². The fourth-order valence-corrected chi connectivity index (χ4v) is 1.85. The fraction of sp³-hybridized carbons (Fsp3) is 0.500. The first kappa shape index (κ1) is 12.9. The second-order valence-corrected chi connectivity index (χ2v) is 4.83. The maximum absolute atomic E-state index is 11.6. The Kier molecular flexibility index (Phi) is 4.20. The zero-order chi connectivity index (χ0) is 13.0. The number of likely N-dealkylation sites (N-methyl/N-ethyl adjacent to an activating group) is 1. The molecule has 0 saturated heterocycles. The first-order chi connectivity index (χ1) is 8.66. The Hall–Kier alpha value is -1.55. The smallest absolute Gasteiger partial charge is 0.410 e. The standard InChI is InChI=1S/C14H20N2O2/c1-11(16(2)12-8-9-12)10-15-14(17)18-13-6-4-3-5-7-13/h3-7,11-12H,8-10H2,1-2H3,(H,15,17). The van der Waals surface area contributed by atoms with Crippen LogP contribution in [0.4, 0.5) is 4.79 Å². The van der Waals surface area contributed by atoms with Crippen LogP contribution in [0.3, 0.4) is 0 Å². The van der Waals surface area contributed by atoms with Gasteiger partial charge in [-0.05, 0) is 38.9 Å². The quantitative estimate of drug-likeness (QED) is 0.869. The second-order valence-electron chi connectivity index (χ2n) is 4.83. The minimum absolute atomic E-state index is 0.334. The summed E-state index contributed by atoms with van der Waals surface area (Å²) in [5, 5.41) is 2.79. The van der Waals surface area contributed by atoms with Crippen molar-refractivity contribution in [2.45, 2.75) is 31.8 Å². The molecule has 98 valence electrons. The first-order valence-corrected chi connectivity index (χ1v) is 6.39. The minimum Gasteiger partial charge on any atom is -0.410 e. The van der Waals surface area contributed by atoms with Gasteiger partial charge >= 0.3 is 6.09 Å². The zero-order valence-electron chi connectivity index (χ0n) is 10.9. The molecule has 2 rings (SSSR count). The number of benzene rings is 1. The third-order valence-corrected chi connectivity index (χ3v) is 3.31. The average molecular weight is 248 g/mol. The van der Waals surface area contributed by atoms with Gasteiger partial charge in [-0.2, -0.15) is 0 Å². The molecule has 1 aromatic rings. The van der Waals surface area contributed by atoms with Crippen molar-refractivity contribution < 1.29 is 9.53 Å². The summed E-state index contributed by atoms with van der Waals surface area (Å²) in [4.78, 5) is 13.9. The number of nitrogens with zero attached hydrogens (tertiary/aromatic N) is 1. The van der Waals surface area contributed by atoms with Gasteiger partial charge in [0, 0.05) is 18.6 Å². The maximum Gasteiger partial charge on any atom is 0.412 e. The molecule has 0 aromatic heterocycles. The molecule has 0 radical (unpaired) electrons. The molecule has 0 heterocycles. The van der Waals surface area contributed by atoms with Crippen molar-refractivity contribution >= 4 is 6.09 Å². The van der Waals surface area contributed by atoms with Crippen molar-refractivity contribution in [3.05, 3.63) is 30.3 Å². The summed E-state index contributed by atoms with van der Waals surface area (Å²) in [5.74, 6) is 0.568. The third-order valence-electron chi connectivity index (χ3n) is 3.31. The molecule has 0 spiro atoms. The molecule has 4 heteroatoms. The van der Waals surface area contributed by atoms with Gasteiger partial charge in [0.25, 0.3) is 0 Å². The fourth-order valence-electron chi connectivity index (χ4n) is 1.85. The summed E-state index contributed by atoms with van der Waals surface area (Å²) in [6.45, 7) is 2.72. The van der Waals surface area contributed by atoms with E-state index in [1.165, 1.54) is 12.8 Å². The molecule has 1 aromatic carbocycles. The number of para-hydroxylation sites is 1. The number of rotatable bonds is 5. The molecule has 1 aliphatic rings. The van der Waals surface area contributed by atoms with Crippen molar-refractivity contribution in [2.75, 3.05) is 13.6 Å². The number of carbonyl (C=O) groups is 1. The van der Waals surface area contributed by atoms with Crippen LogP contribution >= 0.6 is 0 Å². The second kappa shape index (κ2) is 5.87. The number of nitrogens with one attached hydrogen (secondary N) is 1. The topological polar surface area (TPSA) is 41.6 Å². The Labute approximate surface area is 108 Å². The van der Waals surface area contributed by atoms with E-state index in [0.717, 1.165) is 0 Å². The number of ether oxygens (including phenoxy) is 1. The highest BCUT2D eigenvalue weighted by molar-refractivity contribution is 5.70. The van der Waals surface area contributed by atoms with Crippen molar-refractivity contribution in [3.8, 4) is 5.75 Å². The number of carbonyl (C=O) groups excluding carboxylic acids is 1. The first-order valence-electron chi connectivity index (χ1n) is 6.39. The SMILES string of the molecule is CC(CNC(=O)Oc1ccccc1)N(C)C1CC1. The van der Waals surface area contributed by atoms with E-state index in [4.69, 9.17) is 4.74 Å². The molecule has 1 amide bonds. The van der Waals surface area contributed by atoms with Crippen LogP contribution < -0.4 is 10.1 Å². The van der Waals surface area contributed by atoms with Crippen LogP contribution in [0.2, 0.25) is 0 Å². The summed E-state index contributed by atoms with van der Waals surface area (Å²) < 4.78 is 5.15. The Bertz CT molecular complexity index is 390. The molecule has 18 heavy (non-hydrogen) atoms. The molecule has 1 saturated carbocycles. The molecule has 1 fully saturated rings. The van der Waals surface area contributed by atoms with Crippen LogP contribution in [0.15, 0.2) is 30.3 Å². The predicted molar refractivity (Wildman–Crippen MR) is 70.7 cm³/mol. The Balaban J connectivity index is 1.71. The van der Waals surface area contributed by atoms with Crippen LogP contribution in [0.5, 0.6) is 5.75 Å². The van der Waals surface area contributed by atoms with Crippen molar-refractivity contribution in [1.82, 2.24) is 10.2 Å². The van der Waals surface area contributed by atoms with E-state index in [1.807, 2.05) is 18.2 Å². The van der Waals surface area contributed by atoms with E-state index < -0.39 is 6.09 Å². The number of hydrogen-bond acceptors (Lipinski definition) is 3. The minimum atomic E-state index is -0.391. The highest BCUT2D eigenvalue weighted by Gasteiger charge is 2.29. The van der Waals surface area contributed by atoms with Crippen LogP contribution in [0.25, 0.3) is 0 Å². The lowest BCUT2D eigenvalue weighted by atomic mass is 10.3. The summed E-state index contributed by atoms with van der Waals surface area (Å²) in [7, 11) is 2.10. The number of amides is 1.